The van der Waals surface area contributed by atoms with Gasteiger partial charge in [0.05, 0.1) is 17.1 Å². The van der Waals surface area contributed by atoms with Crippen molar-refractivity contribution in [2.75, 3.05) is 13.1 Å². The number of aromatic nitrogens is 1. The van der Waals surface area contributed by atoms with Gasteiger partial charge in [-0.05, 0) is 18.2 Å². The summed E-state index contributed by atoms with van der Waals surface area (Å²) in [6, 6.07) is 7.67. The van der Waals surface area contributed by atoms with Gasteiger partial charge in [0.15, 0.2) is 5.78 Å². The monoisotopic (exact) mass is 316 g/mol. The van der Waals surface area contributed by atoms with Crippen LogP contribution in [0.2, 0.25) is 5.02 Å². The first-order valence-corrected chi connectivity index (χ1v) is 7.62. The summed E-state index contributed by atoms with van der Waals surface area (Å²) in [6.45, 7) is 5.07. The van der Waals surface area contributed by atoms with E-state index in [1.165, 1.54) is 6.08 Å². The summed E-state index contributed by atoms with van der Waals surface area (Å²) in [4.78, 5) is 25.3. The molecule has 5 heteroatoms. The van der Waals surface area contributed by atoms with E-state index in [0.29, 0.717) is 31.1 Å². The predicted octanol–water partition coefficient (Wildman–Crippen LogP) is 2.90. The molecule has 0 atom stereocenters. The van der Waals surface area contributed by atoms with Gasteiger partial charge in [-0.1, -0.05) is 30.3 Å². The van der Waals surface area contributed by atoms with Crippen LogP contribution >= 0.6 is 11.6 Å². The Bertz CT molecular complexity index is 744. The van der Waals surface area contributed by atoms with Crippen LogP contribution in [0, 0.1) is 5.92 Å². The Labute approximate surface area is 134 Å². The molecule has 1 saturated heterocycles. The van der Waals surface area contributed by atoms with Crippen LogP contribution < -0.4 is 0 Å². The number of likely N-dealkylation sites (tertiary alicyclic amines) is 1. The maximum atomic E-state index is 12.2. The normalized spacial score (nSPS) is 14.9. The predicted molar refractivity (Wildman–Crippen MR) is 86.8 cm³/mol. The third kappa shape index (κ3) is 2.79. The Morgan fingerprint density at radius 2 is 2.09 bits per heavy atom. The van der Waals surface area contributed by atoms with Crippen LogP contribution in [0.3, 0.4) is 0 Å². The lowest BCUT2D eigenvalue weighted by Crippen LogP contribution is -2.50. The number of carbonyl (C=O) groups excluding carboxylic acids is 2. The molecule has 0 radical (unpaired) electrons. The second-order valence-electron chi connectivity index (χ2n) is 5.68. The number of carbonyl (C=O) groups is 2. The molecule has 0 unspecified atom stereocenters. The largest absolute Gasteiger partial charge is 0.339 e. The van der Waals surface area contributed by atoms with Crippen molar-refractivity contribution in [1.82, 2.24) is 9.47 Å². The average molecular weight is 317 g/mol. The van der Waals surface area contributed by atoms with Gasteiger partial charge in [-0.25, -0.2) is 0 Å². The van der Waals surface area contributed by atoms with Crippen molar-refractivity contribution in [2.45, 2.75) is 13.0 Å². The number of benzene rings is 1. The Balaban J connectivity index is 1.60. The molecule has 0 bridgehead atoms. The number of hydrogen-bond donors (Lipinski definition) is 0. The highest BCUT2D eigenvalue weighted by atomic mass is 35.5. The number of halogens is 1. The summed E-state index contributed by atoms with van der Waals surface area (Å²) >= 11 is 6.22. The fraction of sp³-hybridized carbons (Fsp3) is 0.294. The molecule has 2 heterocycles. The zero-order valence-corrected chi connectivity index (χ0v) is 12.9. The SMILES string of the molecule is C=CC(=O)N1CC(CC(=O)Cn2ccc3cccc(Cl)c32)C1. The number of amides is 1. The molecule has 22 heavy (non-hydrogen) atoms. The molecule has 0 spiro atoms. The summed E-state index contributed by atoms with van der Waals surface area (Å²) in [7, 11) is 0. The number of rotatable bonds is 5. The summed E-state index contributed by atoms with van der Waals surface area (Å²) in [6.07, 6.45) is 3.69. The Morgan fingerprint density at radius 3 is 2.82 bits per heavy atom. The van der Waals surface area contributed by atoms with Gasteiger partial charge in [0.25, 0.3) is 0 Å². The van der Waals surface area contributed by atoms with Gasteiger partial charge in [0, 0.05) is 37.0 Å². The van der Waals surface area contributed by atoms with Gasteiger partial charge >= 0.3 is 0 Å². The Hall–Kier alpha value is -2.07. The van der Waals surface area contributed by atoms with E-state index < -0.39 is 0 Å². The number of hydrogen-bond acceptors (Lipinski definition) is 2. The minimum absolute atomic E-state index is 0.0631. The van der Waals surface area contributed by atoms with Gasteiger partial charge in [0.1, 0.15) is 0 Å². The van der Waals surface area contributed by atoms with E-state index in [1.54, 1.807) is 4.90 Å². The van der Waals surface area contributed by atoms with Gasteiger partial charge < -0.3 is 9.47 Å². The third-order valence-electron chi connectivity index (χ3n) is 4.05. The minimum atomic E-state index is -0.0631. The van der Waals surface area contributed by atoms with E-state index >= 15 is 0 Å². The highest BCUT2D eigenvalue weighted by Crippen LogP contribution is 2.25. The molecule has 1 aliphatic rings. The molecule has 0 N–H and O–H groups in total. The lowest BCUT2D eigenvalue weighted by Gasteiger charge is -2.38. The fourth-order valence-electron chi connectivity index (χ4n) is 2.93. The van der Waals surface area contributed by atoms with Crippen molar-refractivity contribution >= 4 is 34.2 Å². The second-order valence-corrected chi connectivity index (χ2v) is 6.08. The van der Waals surface area contributed by atoms with Crippen LogP contribution in [-0.2, 0) is 16.1 Å². The Kier molecular flexibility index (Phi) is 4.03. The van der Waals surface area contributed by atoms with E-state index in [9.17, 15) is 9.59 Å². The minimum Gasteiger partial charge on any atom is -0.339 e. The average Bonchev–Trinajstić information content (AvgIpc) is 2.86. The number of nitrogens with zero attached hydrogens (tertiary/aromatic N) is 2. The maximum Gasteiger partial charge on any atom is 0.245 e. The first kappa shape index (κ1) is 14.9. The van der Waals surface area contributed by atoms with Gasteiger partial charge in [-0.3, -0.25) is 9.59 Å². The van der Waals surface area contributed by atoms with Crippen LogP contribution in [0.15, 0.2) is 43.1 Å². The quantitative estimate of drug-likeness (QED) is 0.796. The van der Waals surface area contributed by atoms with Crippen LogP contribution in [0.25, 0.3) is 10.9 Å². The standard InChI is InChI=1S/C17H17ClN2O2/c1-2-16(22)20-9-12(10-20)8-14(21)11-19-7-6-13-4-3-5-15(18)17(13)19/h2-7,12H,1,8-11H2. The number of Topliss-reactive ketones (excluding diaryl/α,β-unsaturated/α-hetero) is 1. The molecular formula is C17H17ClN2O2. The molecule has 3 rings (SSSR count). The van der Waals surface area contributed by atoms with Gasteiger partial charge in [0.2, 0.25) is 5.91 Å². The van der Waals surface area contributed by atoms with Crippen LogP contribution in [0.4, 0.5) is 0 Å². The molecule has 2 aromatic rings. The molecule has 1 aliphatic heterocycles. The van der Waals surface area contributed by atoms with Gasteiger partial charge in [-0.2, -0.15) is 0 Å². The van der Waals surface area contributed by atoms with E-state index in [0.717, 1.165) is 10.9 Å². The summed E-state index contributed by atoms with van der Waals surface area (Å²) in [5, 5.41) is 1.69. The summed E-state index contributed by atoms with van der Waals surface area (Å²) < 4.78 is 1.89. The van der Waals surface area contributed by atoms with Crippen molar-refractivity contribution in [2.24, 2.45) is 5.92 Å². The first-order chi connectivity index (χ1) is 10.6. The molecule has 1 amide bonds. The molecule has 0 aliphatic carbocycles. The lowest BCUT2D eigenvalue weighted by atomic mass is 9.94. The smallest absolute Gasteiger partial charge is 0.245 e. The lowest BCUT2D eigenvalue weighted by molar-refractivity contribution is -0.134. The van der Waals surface area contributed by atoms with E-state index in [1.807, 2.05) is 35.0 Å². The second kappa shape index (κ2) is 5.97. The third-order valence-corrected chi connectivity index (χ3v) is 4.35. The number of para-hydroxylation sites is 1. The topological polar surface area (TPSA) is 42.3 Å². The zero-order chi connectivity index (χ0) is 15.7. The van der Waals surface area contributed by atoms with Crippen molar-refractivity contribution in [1.29, 1.82) is 0 Å². The highest BCUT2D eigenvalue weighted by molar-refractivity contribution is 6.35. The van der Waals surface area contributed by atoms with Crippen molar-refractivity contribution in [3.05, 3.63) is 48.1 Å². The molecule has 1 fully saturated rings. The van der Waals surface area contributed by atoms with Crippen molar-refractivity contribution < 1.29 is 9.59 Å². The molecule has 114 valence electrons. The molecule has 1 aromatic carbocycles. The van der Waals surface area contributed by atoms with E-state index in [4.69, 9.17) is 11.6 Å². The fourth-order valence-corrected chi connectivity index (χ4v) is 3.22. The number of ketones is 1. The molecule has 0 saturated carbocycles. The van der Waals surface area contributed by atoms with Crippen molar-refractivity contribution in [3.8, 4) is 0 Å². The molecule has 1 aromatic heterocycles. The highest BCUT2D eigenvalue weighted by Gasteiger charge is 2.30. The van der Waals surface area contributed by atoms with E-state index in [2.05, 4.69) is 6.58 Å². The van der Waals surface area contributed by atoms with Crippen LogP contribution in [0.1, 0.15) is 6.42 Å². The summed E-state index contributed by atoms with van der Waals surface area (Å²) in [5.74, 6) is 0.355. The molecule has 4 nitrogen and oxygen atoms in total. The maximum absolute atomic E-state index is 12.2. The number of fused-ring (bicyclic) bond motifs is 1. The molecular weight excluding hydrogens is 300 g/mol. The summed E-state index contributed by atoms with van der Waals surface area (Å²) in [5.41, 5.74) is 0.898. The van der Waals surface area contributed by atoms with Crippen LogP contribution in [-0.4, -0.2) is 34.2 Å². The van der Waals surface area contributed by atoms with Crippen molar-refractivity contribution in [3.63, 3.8) is 0 Å². The zero-order valence-electron chi connectivity index (χ0n) is 12.2. The Morgan fingerprint density at radius 1 is 1.32 bits per heavy atom. The van der Waals surface area contributed by atoms with Crippen LogP contribution in [0.5, 0.6) is 0 Å². The van der Waals surface area contributed by atoms with Gasteiger partial charge in [-0.15, -0.1) is 0 Å². The first-order valence-electron chi connectivity index (χ1n) is 7.25. The van der Waals surface area contributed by atoms with E-state index in [-0.39, 0.29) is 17.6 Å².